The van der Waals surface area contributed by atoms with E-state index in [0.717, 1.165) is 42.9 Å². The molecule has 3 rings (SSSR count). The number of carbonyl (C=O) groups excluding carboxylic acids is 1. The Labute approximate surface area is 142 Å². The highest BCUT2D eigenvalue weighted by atomic mass is 16.5. The number of hydrogen-bond donors (Lipinski definition) is 0. The molecule has 1 atom stereocenters. The maximum Gasteiger partial charge on any atom is 0.276 e. The van der Waals surface area contributed by atoms with Gasteiger partial charge in [-0.2, -0.15) is 0 Å². The highest BCUT2D eigenvalue weighted by Gasteiger charge is 2.30. The third-order valence-corrected chi connectivity index (χ3v) is 4.56. The molecule has 2 heterocycles. The maximum atomic E-state index is 12.9. The molecule has 0 unspecified atom stereocenters. The number of piperidine rings is 1. The van der Waals surface area contributed by atoms with Gasteiger partial charge in [0.05, 0.1) is 13.2 Å². The van der Waals surface area contributed by atoms with Gasteiger partial charge in [-0.05, 0) is 37.0 Å². The van der Waals surface area contributed by atoms with Crippen molar-refractivity contribution in [3.63, 3.8) is 0 Å². The largest absolute Gasteiger partial charge is 0.497 e. The molecule has 24 heavy (non-hydrogen) atoms. The first-order valence-electron chi connectivity index (χ1n) is 8.51. The predicted molar refractivity (Wildman–Crippen MR) is 91.2 cm³/mol. The molecule has 1 aliphatic rings. The van der Waals surface area contributed by atoms with E-state index in [1.54, 1.807) is 13.2 Å². The van der Waals surface area contributed by atoms with Gasteiger partial charge in [-0.3, -0.25) is 4.79 Å². The minimum atomic E-state index is -0.0573. The molecular weight excluding hydrogens is 304 g/mol. The molecule has 0 spiro atoms. The van der Waals surface area contributed by atoms with Gasteiger partial charge in [0, 0.05) is 18.5 Å². The number of nitrogens with zero attached hydrogens (tertiary/aromatic N) is 2. The van der Waals surface area contributed by atoms with Crippen molar-refractivity contribution in [2.45, 2.75) is 45.1 Å². The van der Waals surface area contributed by atoms with Gasteiger partial charge < -0.3 is 14.2 Å². The van der Waals surface area contributed by atoms with Gasteiger partial charge in [0.2, 0.25) is 0 Å². The van der Waals surface area contributed by atoms with E-state index < -0.39 is 0 Å². The van der Waals surface area contributed by atoms with Crippen LogP contribution in [0.25, 0.3) is 0 Å². The summed E-state index contributed by atoms with van der Waals surface area (Å²) in [5, 5.41) is 3.98. The van der Waals surface area contributed by atoms with Crippen molar-refractivity contribution in [2.75, 3.05) is 13.7 Å². The van der Waals surface area contributed by atoms with Crippen molar-refractivity contribution in [1.82, 2.24) is 10.1 Å². The lowest BCUT2D eigenvalue weighted by Gasteiger charge is -2.35. The molecule has 1 fully saturated rings. The summed E-state index contributed by atoms with van der Waals surface area (Å²) in [4.78, 5) is 14.9. The minimum absolute atomic E-state index is 0.0561. The van der Waals surface area contributed by atoms with Crippen LogP contribution in [-0.4, -0.2) is 29.6 Å². The number of hydrogen-bond acceptors (Lipinski definition) is 4. The predicted octanol–water partition coefficient (Wildman–Crippen LogP) is 4.17. The average Bonchev–Trinajstić information content (AvgIpc) is 3.11. The van der Waals surface area contributed by atoms with Crippen LogP contribution in [0.2, 0.25) is 0 Å². The number of ether oxygens (including phenoxy) is 1. The molecule has 0 aliphatic carbocycles. The second-order valence-electron chi connectivity index (χ2n) is 6.56. The van der Waals surface area contributed by atoms with Crippen molar-refractivity contribution >= 4 is 5.91 Å². The molecule has 1 aliphatic heterocycles. The number of aromatic nitrogens is 1. The Bertz CT molecular complexity index is 708. The molecule has 0 saturated carbocycles. The van der Waals surface area contributed by atoms with E-state index in [9.17, 15) is 4.79 Å². The summed E-state index contributed by atoms with van der Waals surface area (Å²) in [6, 6.07) is 9.79. The second kappa shape index (κ2) is 7.07. The summed E-state index contributed by atoms with van der Waals surface area (Å²) in [6.45, 7) is 4.79. The fourth-order valence-electron chi connectivity index (χ4n) is 3.18. The smallest absolute Gasteiger partial charge is 0.276 e. The Morgan fingerprint density at radius 3 is 2.88 bits per heavy atom. The number of methoxy groups -OCH3 is 1. The van der Waals surface area contributed by atoms with Crippen molar-refractivity contribution < 1.29 is 14.1 Å². The molecule has 1 saturated heterocycles. The van der Waals surface area contributed by atoms with Crippen LogP contribution in [0.1, 0.15) is 66.9 Å². The second-order valence-corrected chi connectivity index (χ2v) is 6.56. The summed E-state index contributed by atoms with van der Waals surface area (Å²) in [6.07, 6.45) is 3.08. The first kappa shape index (κ1) is 16.6. The van der Waals surface area contributed by atoms with E-state index in [4.69, 9.17) is 9.26 Å². The van der Waals surface area contributed by atoms with E-state index in [0.29, 0.717) is 5.69 Å². The monoisotopic (exact) mass is 328 g/mol. The summed E-state index contributed by atoms with van der Waals surface area (Å²) < 4.78 is 10.6. The normalized spacial score (nSPS) is 18.0. The Hall–Kier alpha value is -2.30. The maximum absolute atomic E-state index is 12.9. The molecule has 0 N–H and O–H groups in total. The van der Waals surface area contributed by atoms with E-state index >= 15 is 0 Å². The summed E-state index contributed by atoms with van der Waals surface area (Å²) >= 11 is 0. The van der Waals surface area contributed by atoms with Crippen LogP contribution in [0, 0.1) is 0 Å². The summed E-state index contributed by atoms with van der Waals surface area (Å²) in [5.74, 6) is 1.72. The number of likely N-dealkylation sites (tertiary alicyclic amines) is 1. The molecule has 5 heteroatoms. The van der Waals surface area contributed by atoms with E-state index in [-0.39, 0.29) is 17.9 Å². The Kier molecular flexibility index (Phi) is 4.88. The Morgan fingerprint density at radius 1 is 1.33 bits per heavy atom. The SMILES string of the molecule is COc1cccc([C@@H]2CCCCN2C(=O)c2cc(C(C)C)on2)c1. The van der Waals surface area contributed by atoms with E-state index in [2.05, 4.69) is 11.2 Å². The van der Waals surface area contributed by atoms with Crippen molar-refractivity contribution in [3.05, 3.63) is 47.3 Å². The first-order chi connectivity index (χ1) is 11.6. The van der Waals surface area contributed by atoms with E-state index in [1.165, 1.54) is 0 Å². The average molecular weight is 328 g/mol. The molecule has 1 aromatic heterocycles. The van der Waals surface area contributed by atoms with Crippen LogP contribution >= 0.6 is 0 Å². The Morgan fingerprint density at radius 2 is 2.17 bits per heavy atom. The lowest BCUT2D eigenvalue weighted by Crippen LogP contribution is -2.38. The molecule has 5 nitrogen and oxygen atoms in total. The van der Waals surface area contributed by atoms with Crippen LogP contribution < -0.4 is 4.74 Å². The van der Waals surface area contributed by atoms with E-state index in [1.807, 2.05) is 36.9 Å². The van der Waals surface area contributed by atoms with Crippen LogP contribution in [0.4, 0.5) is 0 Å². The van der Waals surface area contributed by atoms with Crippen LogP contribution in [0.15, 0.2) is 34.9 Å². The fourth-order valence-corrected chi connectivity index (χ4v) is 3.18. The zero-order valence-corrected chi connectivity index (χ0v) is 14.5. The first-order valence-corrected chi connectivity index (χ1v) is 8.51. The van der Waals surface area contributed by atoms with Gasteiger partial charge in [-0.15, -0.1) is 0 Å². The van der Waals surface area contributed by atoms with Gasteiger partial charge in [0.1, 0.15) is 11.5 Å². The molecule has 2 aromatic rings. The number of benzene rings is 1. The summed E-state index contributed by atoms with van der Waals surface area (Å²) in [7, 11) is 1.66. The zero-order chi connectivity index (χ0) is 17.1. The van der Waals surface area contributed by atoms with Crippen LogP contribution in [0.3, 0.4) is 0 Å². The highest BCUT2D eigenvalue weighted by molar-refractivity contribution is 5.92. The molecule has 0 radical (unpaired) electrons. The van der Waals surface area contributed by atoms with Crippen LogP contribution in [-0.2, 0) is 0 Å². The number of rotatable bonds is 4. The minimum Gasteiger partial charge on any atom is -0.497 e. The van der Waals surface area contributed by atoms with Gasteiger partial charge >= 0.3 is 0 Å². The zero-order valence-electron chi connectivity index (χ0n) is 14.5. The lowest BCUT2D eigenvalue weighted by molar-refractivity contribution is 0.0600. The Balaban J connectivity index is 1.86. The highest BCUT2D eigenvalue weighted by Crippen LogP contribution is 2.33. The van der Waals surface area contributed by atoms with Gasteiger partial charge in [-0.25, -0.2) is 0 Å². The standard InChI is InChI=1S/C19H24N2O3/c1-13(2)18-12-16(20-24-18)19(22)21-10-5-4-9-17(21)14-7-6-8-15(11-14)23-3/h6-8,11-13,17H,4-5,9-10H2,1-3H3/t17-/m0/s1. The molecule has 128 valence electrons. The van der Waals surface area contributed by atoms with Crippen LogP contribution in [0.5, 0.6) is 5.75 Å². The van der Waals surface area contributed by atoms with Crippen molar-refractivity contribution in [2.24, 2.45) is 0 Å². The quantitative estimate of drug-likeness (QED) is 0.845. The number of amides is 1. The topological polar surface area (TPSA) is 55.6 Å². The van der Waals surface area contributed by atoms with Gasteiger partial charge in [0.25, 0.3) is 5.91 Å². The molecule has 0 bridgehead atoms. The number of carbonyl (C=O) groups is 1. The lowest BCUT2D eigenvalue weighted by atomic mass is 9.94. The molecular formula is C19H24N2O3. The summed E-state index contributed by atoms with van der Waals surface area (Å²) in [5.41, 5.74) is 1.50. The third kappa shape index (κ3) is 3.30. The molecule has 1 amide bonds. The fraction of sp³-hybridized carbons (Fsp3) is 0.474. The van der Waals surface area contributed by atoms with Gasteiger partial charge in [0.15, 0.2) is 5.69 Å². The molecule has 1 aromatic carbocycles. The third-order valence-electron chi connectivity index (χ3n) is 4.56. The van der Waals surface area contributed by atoms with Crippen molar-refractivity contribution in [1.29, 1.82) is 0 Å². The van der Waals surface area contributed by atoms with Gasteiger partial charge in [-0.1, -0.05) is 31.1 Å². The van der Waals surface area contributed by atoms with Crippen molar-refractivity contribution in [3.8, 4) is 5.75 Å².